The van der Waals surface area contributed by atoms with Crippen LogP contribution < -0.4 is 5.73 Å². The van der Waals surface area contributed by atoms with Crippen LogP contribution in [-0.4, -0.2) is 46.8 Å². The Morgan fingerprint density at radius 3 is 2.25 bits per heavy atom. The number of Topliss-reactive ketones (excluding diaryl/α,β-unsaturated/α-hetero) is 1. The summed E-state index contributed by atoms with van der Waals surface area (Å²) in [7, 11) is 3.61. The van der Waals surface area contributed by atoms with Gasteiger partial charge in [0.25, 0.3) is 10.3 Å². The van der Waals surface area contributed by atoms with Crippen molar-refractivity contribution in [2.45, 2.75) is 6.42 Å². The number of nitrogens with zero attached hydrogens (tertiary/aromatic N) is 1. The molecule has 1 aromatic rings. The van der Waals surface area contributed by atoms with Gasteiger partial charge in [0.05, 0.1) is 6.61 Å². The van der Waals surface area contributed by atoms with Gasteiger partial charge in [-0.2, -0.15) is 0 Å². The summed E-state index contributed by atoms with van der Waals surface area (Å²) in [6, 6.07) is 9.17. The van der Waals surface area contributed by atoms with Crippen LogP contribution in [0.25, 0.3) is 0 Å². The zero-order valence-corrected chi connectivity index (χ0v) is 13.0. The molecule has 0 aromatic heterocycles. The zero-order valence-electron chi connectivity index (χ0n) is 11.4. The molecule has 20 heavy (non-hydrogen) atoms. The van der Waals surface area contributed by atoms with Gasteiger partial charge in [-0.05, 0) is 24.4 Å². The van der Waals surface area contributed by atoms with Crippen LogP contribution in [0.1, 0.15) is 16.8 Å². The molecule has 110 valence electrons. The Morgan fingerprint density at radius 2 is 1.80 bits per heavy atom. The van der Waals surface area contributed by atoms with E-state index in [4.69, 9.17) is 22.1 Å². The topological polar surface area (TPSA) is 75.8 Å². The number of thiocarbonyl (C=S) groups is 2. The molecule has 0 saturated heterocycles. The van der Waals surface area contributed by atoms with Crippen LogP contribution in [0.3, 0.4) is 0 Å². The molecular weight excluding hydrogens is 296 g/mol. The number of carbonyl (C=O) groups is 1. The first-order valence-corrected chi connectivity index (χ1v) is 6.57. The molecule has 3 N–H and O–H groups in total. The zero-order chi connectivity index (χ0) is 15.5. The van der Waals surface area contributed by atoms with E-state index >= 15 is 0 Å². The molecule has 5 nitrogen and oxygen atoms in total. The Labute approximate surface area is 129 Å². The minimum absolute atomic E-state index is 0.0714. The van der Waals surface area contributed by atoms with Crippen molar-refractivity contribution in [2.24, 2.45) is 5.73 Å². The molecular formula is C13H18N2O3S2. The molecule has 0 unspecified atom stereocenters. The van der Waals surface area contributed by atoms with Crippen molar-refractivity contribution in [2.75, 3.05) is 20.7 Å². The number of hydrogen-bond donors (Lipinski definition) is 2. The van der Waals surface area contributed by atoms with E-state index in [0.29, 0.717) is 23.8 Å². The van der Waals surface area contributed by atoms with Gasteiger partial charge in [0, 0.05) is 26.1 Å². The summed E-state index contributed by atoms with van der Waals surface area (Å²) >= 11 is 8.81. The second-order valence-electron chi connectivity index (χ2n) is 3.89. The maximum Gasteiger partial charge on any atom is 0.258 e. The first-order valence-electron chi connectivity index (χ1n) is 5.75. The van der Waals surface area contributed by atoms with Crippen LogP contribution in [0.4, 0.5) is 0 Å². The third kappa shape index (κ3) is 9.23. The second-order valence-corrected chi connectivity index (χ2v) is 4.65. The molecule has 0 aliphatic carbocycles. The Hall–Kier alpha value is -1.73. The highest BCUT2D eigenvalue weighted by atomic mass is 32.1. The summed E-state index contributed by atoms with van der Waals surface area (Å²) in [6.45, 7) is 0.324. The molecule has 1 rings (SSSR count). The average molecular weight is 314 g/mol. The predicted octanol–water partition coefficient (Wildman–Crippen LogP) is 1.91. The molecule has 1 aromatic carbocycles. The fraction of sp³-hybridized carbons (Fsp3) is 0.308. The normalized spacial score (nSPS) is 8.90. The summed E-state index contributed by atoms with van der Waals surface area (Å²) in [6.07, 6.45) is 0.345. The molecule has 0 bridgehead atoms. The number of hydrogen-bond acceptors (Lipinski definition) is 4. The highest BCUT2D eigenvalue weighted by molar-refractivity contribution is 7.80. The van der Waals surface area contributed by atoms with Gasteiger partial charge in [-0.1, -0.05) is 30.3 Å². The lowest BCUT2D eigenvalue weighted by atomic mass is 10.1. The van der Waals surface area contributed by atoms with Crippen molar-refractivity contribution in [1.82, 2.24) is 4.90 Å². The first-order chi connectivity index (χ1) is 9.34. The molecule has 0 spiro atoms. The molecule has 0 radical (unpaired) electrons. The molecule has 0 atom stereocenters. The van der Waals surface area contributed by atoms with Crippen LogP contribution in [0, 0.1) is 0 Å². The SMILES string of the molecule is CN(C)C(=S)OCCC(=O)c1ccccc1.NC(O)=S. The summed E-state index contributed by atoms with van der Waals surface area (Å²) in [5.74, 6) is 0.0714. The molecule has 7 heteroatoms. The summed E-state index contributed by atoms with van der Waals surface area (Å²) in [5.41, 5.74) is 5.11. The van der Waals surface area contributed by atoms with Crippen molar-refractivity contribution in [3.63, 3.8) is 0 Å². The highest BCUT2D eigenvalue weighted by Gasteiger charge is 2.06. The maximum absolute atomic E-state index is 11.7. The van der Waals surface area contributed by atoms with E-state index in [-0.39, 0.29) is 5.78 Å². The van der Waals surface area contributed by atoms with Crippen molar-refractivity contribution < 1.29 is 14.6 Å². The molecule has 0 amide bonds. The van der Waals surface area contributed by atoms with E-state index in [1.807, 2.05) is 18.2 Å². The minimum atomic E-state index is -0.500. The predicted molar refractivity (Wildman–Crippen MR) is 87.0 cm³/mol. The lowest BCUT2D eigenvalue weighted by Crippen LogP contribution is -2.23. The number of nitrogens with two attached hydrogens (primary N) is 1. The Morgan fingerprint density at radius 1 is 1.30 bits per heavy atom. The van der Waals surface area contributed by atoms with E-state index in [1.54, 1.807) is 31.1 Å². The van der Waals surface area contributed by atoms with E-state index in [0.717, 1.165) is 0 Å². The number of benzene rings is 1. The van der Waals surface area contributed by atoms with Crippen molar-refractivity contribution >= 4 is 40.6 Å². The fourth-order valence-electron chi connectivity index (χ4n) is 1.13. The summed E-state index contributed by atoms with van der Waals surface area (Å²) in [4.78, 5) is 13.4. The minimum Gasteiger partial charge on any atom is -0.487 e. The van der Waals surface area contributed by atoms with E-state index in [1.165, 1.54) is 0 Å². The maximum atomic E-state index is 11.7. The fourth-order valence-corrected chi connectivity index (χ4v) is 1.21. The molecule has 0 heterocycles. The number of carbonyl (C=O) groups excluding carboxylic acids is 1. The number of ether oxygens (including phenoxy) is 1. The van der Waals surface area contributed by atoms with Gasteiger partial charge in [0.2, 0.25) is 0 Å². The van der Waals surface area contributed by atoms with Crippen molar-refractivity contribution in [1.29, 1.82) is 0 Å². The summed E-state index contributed by atoms with van der Waals surface area (Å²) in [5, 5.41) is 7.47. The van der Waals surface area contributed by atoms with E-state index in [2.05, 4.69) is 18.0 Å². The summed E-state index contributed by atoms with van der Waals surface area (Å²) < 4.78 is 5.23. The third-order valence-electron chi connectivity index (χ3n) is 2.02. The van der Waals surface area contributed by atoms with E-state index in [9.17, 15) is 4.79 Å². The monoisotopic (exact) mass is 314 g/mol. The van der Waals surface area contributed by atoms with Gasteiger partial charge in [-0.25, -0.2) is 0 Å². The Balaban J connectivity index is 0.000000796. The average Bonchev–Trinajstić information content (AvgIpc) is 2.38. The highest BCUT2D eigenvalue weighted by Crippen LogP contribution is 2.03. The van der Waals surface area contributed by atoms with Crippen molar-refractivity contribution in [3.8, 4) is 0 Å². The molecule has 0 fully saturated rings. The molecule has 0 saturated carbocycles. The quantitative estimate of drug-likeness (QED) is 0.649. The van der Waals surface area contributed by atoms with Gasteiger partial charge in [-0.15, -0.1) is 0 Å². The smallest absolute Gasteiger partial charge is 0.258 e. The standard InChI is InChI=1S/C12H15NO2S.CH3NOS/c1-13(2)12(16)15-9-8-11(14)10-6-4-3-5-7-10;2-1(3)4/h3-7H,8-9H2,1-2H3;(H3,2,3,4). The van der Waals surface area contributed by atoms with Gasteiger partial charge in [0.15, 0.2) is 5.78 Å². The van der Waals surface area contributed by atoms with Gasteiger partial charge in [0.1, 0.15) is 0 Å². The number of ketones is 1. The first kappa shape index (κ1) is 18.3. The van der Waals surface area contributed by atoms with Gasteiger partial charge in [-0.3, -0.25) is 4.79 Å². The number of aliphatic hydroxyl groups is 1. The van der Waals surface area contributed by atoms with Crippen LogP contribution in [0.5, 0.6) is 0 Å². The number of rotatable bonds is 4. The van der Waals surface area contributed by atoms with Crippen molar-refractivity contribution in [3.05, 3.63) is 35.9 Å². The Kier molecular flexibility index (Phi) is 9.23. The van der Waals surface area contributed by atoms with E-state index < -0.39 is 5.17 Å². The lowest BCUT2D eigenvalue weighted by Gasteiger charge is -2.13. The van der Waals surface area contributed by atoms with Gasteiger partial charge >= 0.3 is 0 Å². The molecule has 0 aliphatic rings. The van der Waals surface area contributed by atoms with Crippen LogP contribution in [0.2, 0.25) is 0 Å². The van der Waals surface area contributed by atoms with Gasteiger partial charge < -0.3 is 20.5 Å². The second kappa shape index (κ2) is 10.1. The lowest BCUT2D eigenvalue weighted by molar-refractivity contribution is 0.0956. The molecule has 0 aliphatic heterocycles. The van der Waals surface area contributed by atoms with Crippen LogP contribution in [-0.2, 0) is 4.74 Å². The largest absolute Gasteiger partial charge is 0.487 e. The third-order valence-corrected chi connectivity index (χ3v) is 2.50. The number of aliphatic hydroxyl groups excluding tert-OH is 1. The Bertz CT molecular complexity index is 446. The van der Waals surface area contributed by atoms with Crippen LogP contribution >= 0.6 is 24.4 Å². The van der Waals surface area contributed by atoms with Crippen LogP contribution in [0.15, 0.2) is 30.3 Å².